The molecule has 1 fully saturated rings. The zero-order chi connectivity index (χ0) is 19.8. The average molecular weight is 401 g/mol. The number of benzene rings is 1. The quantitative estimate of drug-likeness (QED) is 0.596. The van der Waals surface area contributed by atoms with E-state index in [0.29, 0.717) is 28.4 Å². The normalized spacial score (nSPS) is 19.7. The van der Waals surface area contributed by atoms with Gasteiger partial charge in [0.2, 0.25) is 11.9 Å². The van der Waals surface area contributed by atoms with Gasteiger partial charge in [-0.15, -0.1) is 0 Å². The fraction of sp³-hybridized carbons (Fsp3) is 0.250. The molecule has 1 saturated heterocycles. The molecule has 2 aliphatic heterocycles. The zero-order valence-electron chi connectivity index (χ0n) is 14.9. The van der Waals surface area contributed by atoms with Crippen LogP contribution in [0.5, 0.6) is 0 Å². The lowest BCUT2D eigenvalue weighted by atomic mass is 9.95. The van der Waals surface area contributed by atoms with E-state index in [0.717, 1.165) is 24.5 Å². The van der Waals surface area contributed by atoms with Crippen molar-refractivity contribution in [2.75, 3.05) is 10.6 Å². The van der Waals surface area contributed by atoms with Crippen molar-refractivity contribution in [1.82, 2.24) is 9.88 Å². The Hall–Kier alpha value is -2.93. The summed E-state index contributed by atoms with van der Waals surface area (Å²) in [6, 6.07) is 6.16. The van der Waals surface area contributed by atoms with E-state index in [2.05, 4.69) is 22.2 Å². The van der Waals surface area contributed by atoms with Gasteiger partial charge in [0.15, 0.2) is 0 Å². The van der Waals surface area contributed by atoms with Gasteiger partial charge in [0.05, 0.1) is 16.8 Å². The summed E-state index contributed by atoms with van der Waals surface area (Å²) in [6.07, 6.45) is 4.67. The van der Waals surface area contributed by atoms with E-state index < -0.39 is 5.95 Å². The fourth-order valence-electron chi connectivity index (χ4n) is 3.99. The number of carbonyl (C=O) groups excluding carboxylic acids is 2. The number of halogens is 2. The smallest absolute Gasteiger partial charge is 0.321 e. The summed E-state index contributed by atoms with van der Waals surface area (Å²) < 4.78 is 14.0. The Morgan fingerprint density at radius 3 is 2.86 bits per heavy atom. The number of nitrogens with zero attached hydrogens (tertiary/aromatic N) is 2. The third-order valence-electron chi connectivity index (χ3n) is 5.24. The molecule has 4 rings (SSSR count). The van der Waals surface area contributed by atoms with Crippen molar-refractivity contribution < 1.29 is 14.0 Å². The minimum Gasteiger partial charge on any atom is -0.321 e. The molecule has 1 aromatic heterocycles. The molecule has 2 aliphatic rings. The van der Waals surface area contributed by atoms with Crippen LogP contribution in [-0.2, 0) is 11.2 Å². The molecule has 0 aliphatic carbocycles. The lowest BCUT2D eigenvalue weighted by Crippen LogP contribution is -2.44. The van der Waals surface area contributed by atoms with Crippen molar-refractivity contribution in [3.8, 4) is 0 Å². The lowest BCUT2D eigenvalue weighted by Gasteiger charge is -2.36. The predicted molar refractivity (Wildman–Crippen MR) is 105 cm³/mol. The molecular weight excluding hydrogens is 383 g/mol. The largest absolute Gasteiger partial charge is 0.322 e. The van der Waals surface area contributed by atoms with E-state index in [1.165, 1.54) is 6.20 Å². The molecule has 3 amide bonds. The van der Waals surface area contributed by atoms with Crippen molar-refractivity contribution in [1.29, 1.82) is 0 Å². The second-order valence-electron chi connectivity index (χ2n) is 6.85. The number of anilines is 2. The highest BCUT2D eigenvalue weighted by Crippen LogP contribution is 2.44. The maximum Gasteiger partial charge on any atom is 0.322 e. The maximum atomic E-state index is 14.0. The fourth-order valence-corrected chi connectivity index (χ4v) is 4.22. The number of hydrogen-bond acceptors (Lipinski definition) is 3. The first-order valence-electron chi connectivity index (χ1n) is 8.93. The van der Waals surface area contributed by atoms with Gasteiger partial charge in [-0.1, -0.05) is 18.2 Å². The minimum atomic E-state index is -0.446. The Labute approximate surface area is 166 Å². The van der Waals surface area contributed by atoms with Gasteiger partial charge in [0.25, 0.3) is 0 Å². The van der Waals surface area contributed by atoms with Gasteiger partial charge in [0, 0.05) is 23.5 Å². The van der Waals surface area contributed by atoms with Crippen molar-refractivity contribution in [3.63, 3.8) is 0 Å². The van der Waals surface area contributed by atoms with E-state index in [1.807, 2.05) is 0 Å². The lowest BCUT2D eigenvalue weighted by molar-refractivity contribution is -0.111. The number of pyridine rings is 1. The molecule has 0 saturated carbocycles. The van der Waals surface area contributed by atoms with Gasteiger partial charge in [-0.25, -0.2) is 9.78 Å². The molecule has 0 unspecified atom stereocenters. The van der Waals surface area contributed by atoms with Gasteiger partial charge in [-0.05, 0) is 55.2 Å². The summed E-state index contributed by atoms with van der Waals surface area (Å²) in [5.74, 6) is -0.817. The zero-order valence-corrected chi connectivity index (χ0v) is 15.7. The molecule has 1 aromatic carbocycles. The highest BCUT2D eigenvalue weighted by Gasteiger charge is 2.43. The summed E-state index contributed by atoms with van der Waals surface area (Å²) in [5, 5.41) is 5.74. The molecule has 2 N–H and O–H groups in total. The van der Waals surface area contributed by atoms with E-state index in [-0.39, 0.29) is 24.0 Å². The Balaban J connectivity index is 1.52. The molecule has 3 heterocycles. The molecule has 6 nitrogen and oxygen atoms in total. The number of rotatable bonds is 3. The van der Waals surface area contributed by atoms with Crippen molar-refractivity contribution in [3.05, 3.63) is 65.2 Å². The van der Waals surface area contributed by atoms with Crippen LogP contribution >= 0.6 is 11.6 Å². The Morgan fingerprint density at radius 1 is 1.29 bits per heavy atom. The van der Waals surface area contributed by atoms with Crippen LogP contribution in [0.25, 0.3) is 0 Å². The first-order valence-corrected chi connectivity index (χ1v) is 9.31. The Bertz CT molecular complexity index is 981. The average Bonchev–Trinajstić information content (AvgIpc) is 3.00. The monoisotopic (exact) mass is 400 g/mol. The van der Waals surface area contributed by atoms with E-state index in [4.69, 9.17) is 11.6 Å². The summed E-state index contributed by atoms with van der Waals surface area (Å²) >= 11 is 6.19. The number of nitrogens with one attached hydrogen (secondary N) is 2. The summed E-state index contributed by atoms with van der Waals surface area (Å²) in [4.78, 5) is 29.8. The van der Waals surface area contributed by atoms with Crippen molar-refractivity contribution >= 4 is 34.9 Å². The molecule has 8 heteroatoms. The standard InChI is InChI=1S/C20H18ClFN4O2/c1-2-18(27)25-16-5-3-11(9-15(16)21)24-20(28)26-12-4-6-17(26)13-7-8-23-19(22)14(13)10-12/h2-3,5,7-9,12,17H,1,4,6,10H2,(H,24,28)(H,25,27)/t12-,17+/m1/s1. The first kappa shape index (κ1) is 18.4. The number of amides is 3. The Kier molecular flexibility index (Phi) is 4.77. The van der Waals surface area contributed by atoms with Crippen LogP contribution in [-0.4, -0.2) is 27.9 Å². The number of urea groups is 1. The van der Waals surface area contributed by atoms with Crippen LogP contribution in [0, 0.1) is 5.95 Å². The van der Waals surface area contributed by atoms with Gasteiger partial charge in [-0.3, -0.25) is 4.79 Å². The Morgan fingerprint density at radius 2 is 2.11 bits per heavy atom. The predicted octanol–water partition coefficient (Wildman–Crippen LogP) is 4.29. The van der Waals surface area contributed by atoms with Crippen LogP contribution in [0.2, 0.25) is 5.02 Å². The SMILES string of the molecule is C=CC(=O)Nc1ccc(NC(=O)N2[C@@H]3CC[C@H]2c2ccnc(F)c2C3)cc1Cl. The van der Waals surface area contributed by atoms with E-state index in [1.54, 1.807) is 29.2 Å². The summed E-state index contributed by atoms with van der Waals surface area (Å²) in [6.45, 7) is 3.39. The maximum absolute atomic E-state index is 14.0. The first-order chi connectivity index (χ1) is 13.5. The van der Waals surface area contributed by atoms with Gasteiger partial charge in [0.1, 0.15) is 0 Å². The van der Waals surface area contributed by atoms with Crippen molar-refractivity contribution in [2.24, 2.45) is 0 Å². The third-order valence-corrected chi connectivity index (χ3v) is 5.55. The minimum absolute atomic E-state index is 0.0576. The van der Waals surface area contributed by atoms with Crippen LogP contribution in [0.4, 0.5) is 20.6 Å². The molecule has 2 bridgehead atoms. The van der Waals surface area contributed by atoms with Gasteiger partial charge >= 0.3 is 6.03 Å². The molecule has 2 aromatic rings. The van der Waals surface area contributed by atoms with Crippen LogP contribution < -0.4 is 10.6 Å². The molecule has 0 spiro atoms. The molecule has 28 heavy (non-hydrogen) atoms. The van der Waals surface area contributed by atoms with E-state index >= 15 is 0 Å². The molecule has 2 atom stereocenters. The number of fused-ring (bicyclic) bond motifs is 4. The molecule has 144 valence electrons. The summed E-state index contributed by atoms with van der Waals surface area (Å²) in [7, 11) is 0. The van der Waals surface area contributed by atoms with Crippen LogP contribution in [0.15, 0.2) is 43.1 Å². The van der Waals surface area contributed by atoms with Crippen LogP contribution in [0.3, 0.4) is 0 Å². The number of hydrogen-bond donors (Lipinski definition) is 2. The summed E-state index contributed by atoms with van der Waals surface area (Å²) in [5.41, 5.74) is 2.39. The second-order valence-corrected chi connectivity index (χ2v) is 7.25. The topological polar surface area (TPSA) is 74.3 Å². The molecule has 0 radical (unpaired) electrons. The molecular formula is C20H18ClFN4O2. The number of aromatic nitrogens is 1. The van der Waals surface area contributed by atoms with Crippen molar-refractivity contribution in [2.45, 2.75) is 31.3 Å². The van der Waals surface area contributed by atoms with Gasteiger partial charge in [-0.2, -0.15) is 4.39 Å². The third kappa shape index (κ3) is 3.22. The highest BCUT2D eigenvalue weighted by atomic mass is 35.5. The second kappa shape index (κ2) is 7.24. The highest BCUT2D eigenvalue weighted by molar-refractivity contribution is 6.34. The van der Waals surface area contributed by atoms with E-state index in [9.17, 15) is 14.0 Å². The number of carbonyl (C=O) groups is 2. The van der Waals surface area contributed by atoms with Crippen LogP contribution in [0.1, 0.15) is 30.0 Å². The van der Waals surface area contributed by atoms with Gasteiger partial charge < -0.3 is 15.5 Å².